The van der Waals surface area contributed by atoms with E-state index in [9.17, 15) is 17.6 Å². The van der Waals surface area contributed by atoms with E-state index >= 15 is 0 Å². The summed E-state index contributed by atoms with van der Waals surface area (Å²) < 4.78 is 40.4. The first-order chi connectivity index (χ1) is 13.4. The van der Waals surface area contributed by atoms with E-state index in [1.54, 1.807) is 43.8 Å². The Morgan fingerprint density at radius 1 is 1.21 bits per heavy atom. The van der Waals surface area contributed by atoms with Gasteiger partial charge >= 0.3 is 0 Å². The van der Waals surface area contributed by atoms with Gasteiger partial charge in [0.05, 0.1) is 10.9 Å². The Bertz CT molecular complexity index is 975. The molecule has 28 heavy (non-hydrogen) atoms. The largest absolute Gasteiger partial charge is 0.345 e. The van der Waals surface area contributed by atoms with Gasteiger partial charge in [-0.2, -0.15) is 4.31 Å². The molecule has 1 amide bonds. The molecule has 0 aromatic heterocycles. The van der Waals surface area contributed by atoms with Gasteiger partial charge in [0, 0.05) is 29.3 Å². The maximum Gasteiger partial charge on any atom is 0.251 e. The molecule has 0 bridgehead atoms. The molecule has 1 aliphatic rings. The standard InChI is InChI=1S/C20H23FN2O3S2/c1-3-23(4-2)28(25,26)16-7-5-6-14(12-16)20(24)22-18-10-11-27-19-9-8-15(21)13-17(18)19/h5-9,12-13,18H,3-4,10-11H2,1-2H3,(H,22,24)/t18-/m0/s1. The quantitative estimate of drug-likeness (QED) is 0.769. The van der Waals surface area contributed by atoms with Crippen LogP contribution in [0.1, 0.15) is 42.2 Å². The van der Waals surface area contributed by atoms with Crippen LogP contribution in [0.15, 0.2) is 52.3 Å². The maximum absolute atomic E-state index is 13.7. The van der Waals surface area contributed by atoms with Crippen LogP contribution in [0.5, 0.6) is 0 Å². The number of nitrogens with zero attached hydrogens (tertiary/aromatic N) is 1. The van der Waals surface area contributed by atoms with Gasteiger partial charge in [0.1, 0.15) is 5.82 Å². The van der Waals surface area contributed by atoms with Gasteiger partial charge in [-0.3, -0.25) is 4.79 Å². The van der Waals surface area contributed by atoms with Gasteiger partial charge in [0.15, 0.2) is 0 Å². The third kappa shape index (κ3) is 4.24. The molecule has 1 heterocycles. The summed E-state index contributed by atoms with van der Waals surface area (Å²) in [5, 5.41) is 2.93. The second-order valence-corrected chi connectivity index (χ2v) is 9.54. The minimum atomic E-state index is -3.64. The van der Waals surface area contributed by atoms with Crippen molar-refractivity contribution < 1.29 is 17.6 Å². The summed E-state index contributed by atoms with van der Waals surface area (Å²) >= 11 is 1.64. The molecule has 0 fully saturated rings. The van der Waals surface area contributed by atoms with Crippen molar-refractivity contribution in [2.45, 2.75) is 36.1 Å². The molecule has 3 rings (SSSR count). The van der Waals surface area contributed by atoms with E-state index in [0.29, 0.717) is 19.5 Å². The van der Waals surface area contributed by atoms with E-state index in [4.69, 9.17) is 0 Å². The third-order valence-corrected chi connectivity index (χ3v) is 7.92. The van der Waals surface area contributed by atoms with E-state index < -0.39 is 10.0 Å². The Kier molecular flexibility index (Phi) is 6.42. The number of carbonyl (C=O) groups is 1. The maximum atomic E-state index is 13.7. The van der Waals surface area contributed by atoms with E-state index in [0.717, 1.165) is 16.2 Å². The monoisotopic (exact) mass is 422 g/mol. The van der Waals surface area contributed by atoms with Crippen molar-refractivity contribution in [3.8, 4) is 0 Å². The van der Waals surface area contributed by atoms with Gasteiger partial charge in [-0.25, -0.2) is 12.8 Å². The van der Waals surface area contributed by atoms with Crippen molar-refractivity contribution in [2.24, 2.45) is 0 Å². The Hall–Kier alpha value is -1.90. The summed E-state index contributed by atoms with van der Waals surface area (Å²) in [5.41, 5.74) is 1.03. The van der Waals surface area contributed by atoms with Crippen LogP contribution in [0.25, 0.3) is 0 Å². The molecule has 0 saturated heterocycles. The van der Waals surface area contributed by atoms with Crippen LogP contribution < -0.4 is 5.32 Å². The van der Waals surface area contributed by atoms with Crippen LogP contribution in [0.3, 0.4) is 0 Å². The highest BCUT2D eigenvalue weighted by atomic mass is 32.2. The van der Waals surface area contributed by atoms with E-state index in [1.807, 2.05) is 0 Å². The van der Waals surface area contributed by atoms with Crippen molar-refractivity contribution in [3.63, 3.8) is 0 Å². The van der Waals surface area contributed by atoms with Crippen molar-refractivity contribution in [1.29, 1.82) is 0 Å². The van der Waals surface area contributed by atoms with Crippen LogP contribution in [-0.2, 0) is 10.0 Å². The van der Waals surface area contributed by atoms with Crippen molar-refractivity contribution in [1.82, 2.24) is 9.62 Å². The number of fused-ring (bicyclic) bond motifs is 1. The highest BCUT2D eigenvalue weighted by Gasteiger charge is 2.25. The van der Waals surface area contributed by atoms with Crippen LogP contribution in [0.4, 0.5) is 4.39 Å². The normalized spacial score (nSPS) is 16.6. The lowest BCUT2D eigenvalue weighted by molar-refractivity contribution is 0.0934. The number of thioether (sulfide) groups is 1. The minimum Gasteiger partial charge on any atom is -0.345 e. The molecule has 0 spiro atoms. The predicted molar refractivity (Wildman–Crippen MR) is 108 cm³/mol. The molecule has 0 radical (unpaired) electrons. The molecular weight excluding hydrogens is 399 g/mol. The molecule has 2 aromatic carbocycles. The lowest BCUT2D eigenvalue weighted by atomic mass is 10.0. The summed E-state index contributed by atoms with van der Waals surface area (Å²) in [5.74, 6) is 0.108. The highest BCUT2D eigenvalue weighted by Crippen LogP contribution is 2.36. The van der Waals surface area contributed by atoms with Crippen molar-refractivity contribution in [2.75, 3.05) is 18.8 Å². The van der Waals surface area contributed by atoms with Gasteiger partial charge < -0.3 is 5.32 Å². The molecular formula is C20H23FN2O3S2. The smallest absolute Gasteiger partial charge is 0.251 e. The zero-order valence-electron chi connectivity index (χ0n) is 15.8. The summed E-state index contributed by atoms with van der Waals surface area (Å²) in [6.45, 7) is 4.26. The molecule has 150 valence electrons. The third-order valence-electron chi connectivity index (χ3n) is 4.76. The van der Waals surface area contributed by atoms with Crippen LogP contribution in [0, 0.1) is 5.82 Å². The van der Waals surface area contributed by atoms with Gasteiger partial charge in [0.25, 0.3) is 5.91 Å². The number of carbonyl (C=O) groups excluding carboxylic acids is 1. The first-order valence-electron chi connectivity index (χ1n) is 9.20. The van der Waals surface area contributed by atoms with E-state index in [2.05, 4.69) is 5.32 Å². The zero-order chi connectivity index (χ0) is 20.3. The number of sulfonamides is 1. The summed E-state index contributed by atoms with van der Waals surface area (Å²) in [4.78, 5) is 13.8. The number of halogens is 1. The first-order valence-corrected chi connectivity index (χ1v) is 11.6. The Labute approximate surface area is 169 Å². The van der Waals surface area contributed by atoms with Gasteiger partial charge in [-0.1, -0.05) is 19.9 Å². The fourth-order valence-corrected chi connectivity index (χ4v) is 5.88. The van der Waals surface area contributed by atoms with Crippen LogP contribution in [-0.4, -0.2) is 37.5 Å². The predicted octanol–water partition coefficient (Wildman–Crippen LogP) is 3.82. The number of nitrogens with one attached hydrogen (secondary N) is 1. The van der Waals surface area contributed by atoms with Crippen molar-refractivity contribution in [3.05, 3.63) is 59.4 Å². The average molecular weight is 423 g/mol. The second-order valence-electron chi connectivity index (χ2n) is 6.46. The number of hydrogen-bond donors (Lipinski definition) is 1. The number of hydrogen-bond acceptors (Lipinski definition) is 4. The van der Waals surface area contributed by atoms with Crippen LogP contribution >= 0.6 is 11.8 Å². The molecule has 2 aromatic rings. The Morgan fingerprint density at radius 3 is 2.68 bits per heavy atom. The second kappa shape index (κ2) is 8.63. The van der Waals surface area contributed by atoms with E-state index in [-0.39, 0.29) is 28.2 Å². The molecule has 5 nitrogen and oxygen atoms in total. The fraction of sp³-hybridized carbons (Fsp3) is 0.350. The van der Waals surface area contributed by atoms with E-state index in [1.165, 1.54) is 28.6 Å². The number of amides is 1. The fourth-order valence-electron chi connectivity index (χ4n) is 3.27. The molecule has 0 saturated carbocycles. The topological polar surface area (TPSA) is 66.5 Å². The summed E-state index contributed by atoms with van der Waals surface area (Å²) in [7, 11) is -3.64. The molecule has 1 atom stereocenters. The number of rotatable bonds is 6. The minimum absolute atomic E-state index is 0.0921. The van der Waals surface area contributed by atoms with Gasteiger partial charge in [-0.15, -0.1) is 11.8 Å². The van der Waals surface area contributed by atoms with Gasteiger partial charge in [0.2, 0.25) is 10.0 Å². The highest BCUT2D eigenvalue weighted by molar-refractivity contribution is 7.99. The van der Waals surface area contributed by atoms with Crippen LogP contribution in [0.2, 0.25) is 0 Å². The molecule has 0 unspecified atom stereocenters. The summed E-state index contributed by atoms with van der Waals surface area (Å²) in [6.07, 6.45) is 0.685. The first kappa shape index (κ1) is 20.8. The lowest BCUT2D eigenvalue weighted by Crippen LogP contribution is -2.32. The lowest BCUT2D eigenvalue weighted by Gasteiger charge is -2.26. The zero-order valence-corrected chi connectivity index (χ0v) is 17.4. The molecule has 8 heteroatoms. The SMILES string of the molecule is CCN(CC)S(=O)(=O)c1cccc(C(=O)N[C@H]2CCSc3ccc(F)cc32)c1. The summed E-state index contributed by atoms with van der Waals surface area (Å²) in [6, 6.07) is 10.3. The number of benzene rings is 2. The molecule has 1 aliphatic heterocycles. The molecule has 1 N–H and O–H groups in total. The van der Waals surface area contributed by atoms with Crippen molar-refractivity contribution >= 4 is 27.7 Å². The average Bonchev–Trinajstić information content (AvgIpc) is 2.69. The molecule has 0 aliphatic carbocycles. The Morgan fingerprint density at radius 2 is 1.96 bits per heavy atom. The Balaban J connectivity index is 1.85. The van der Waals surface area contributed by atoms with Gasteiger partial charge in [-0.05, 0) is 48.4 Å².